The molecule has 2 heterocycles. The van der Waals surface area contributed by atoms with Crippen LogP contribution < -0.4 is 0 Å². The van der Waals surface area contributed by atoms with Gasteiger partial charge in [0.2, 0.25) is 0 Å². The van der Waals surface area contributed by atoms with Crippen LogP contribution in [0.5, 0.6) is 0 Å². The lowest BCUT2D eigenvalue weighted by Crippen LogP contribution is -2.28. The second-order valence-corrected chi connectivity index (χ2v) is 16.5. The maximum atomic E-state index is 4.83. The van der Waals surface area contributed by atoms with Gasteiger partial charge < -0.3 is 4.57 Å². The van der Waals surface area contributed by atoms with E-state index in [1.807, 2.05) is 0 Å². The summed E-state index contributed by atoms with van der Waals surface area (Å²) in [6, 6.07) is 78.4. The van der Waals surface area contributed by atoms with Crippen LogP contribution in [0.3, 0.4) is 0 Å². The Kier molecular flexibility index (Phi) is 7.52. The van der Waals surface area contributed by atoms with Gasteiger partial charge in [0.25, 0.3) is 0 Å². The van der Waals surface area contributed by atoms with E-state index in [0.29, 0.717) is 0 Å². The van der Waals surface area contributed by atoms with Crippen LogP contribution in [-0.2, 0) is 5.41 Å². The Morgan fingerprint density at radius 3 is 1.40 bits per heavy atom. The average molecular weight is 788 g/mol. The molecule has 3 heteroatoms. The number of benzene rings is 10. The fourth-order valence-electron chi connectivity index (χ4n) is 10.7. The minimum atomic E-state index is -0.567. The second kappa shape index (κ2) is 13.4. The molecule has 0 amide bonds. The van der Waals surface area contributed by atoms with Gasteiger partial charge in [-0.15, -0.1) is 0 Å². The molecule has 0 bridgehead atoms. The monoisotopic (exact) mass is 787 g/mol. The zero-order valence-electron chi connectivity index (χ0n) is 33.7. The standard InChI is InChI=1S/C59H37N3/c1-4-14-42(15-5-1)59(43-16-6-2-7-17-43)53-36-40(38-26-30-50-51(34-38)45-20-10-11-22-49(45)57-58(50)61-33-32-60-57)24-28-46(53)47-29-25-41(37-54(47)59)39-27-31-56-52(35-39)48-21-12-13-23-55(48)62(56)44-18-8-3-9-19-44/h1-37H. The molecule has 0 saturated carbocycles. The highest BCUT2D eigenvalue weighted by Crippen LogP contribution is 2.57. The topological polar surface area (TPSA) is 30.7 Å². The van der Waals surface area contributed by atoms with Gasteiger partial charge in [-0.1, -0.05) is 164 Å². The average Bonchev–Trinajstić information content (AvgIpc) is 3.84. The summed E-state index contributed by atoms with van der Waals surface area (Å²) in [4.78, 5) is 9.60. The number of fused-ring (bicyclic) bond motifs is 12. The lowest BCUT2D eigenvalue weighted by Gasteiger charge is -2.34. The molecule has 0 fully saturated rings. The SMILES string of the molecule is c1ccc(-n2c3ccccc3c3cc(-c4ccc5c(c4)C(c4ccccc4)(c4ccccc4)c4cc(-c6ccc7c(c6)c6ccccc6c6nccnc76)ccc4-5)ccc32)cc1. The largest absolute Gasteiger partial charge is 0.309 e. The first kappa shape index (κ1) is 34.7. The van der Waals surface area contributed by atoms with E-state index in [9.17, 15) is 0 Å². The molecule has 1 aliphatic rings. The quantitative estimate of drug-likeness (QED) is 0.163. The van der Waals surface area contributed by atoms with Crippen LogP contribution >= 0.6 is 0 Å². The number of nitrogens with zero attached hydrogens (tertiary/aromatic N) is 3. The highest BCUT2D eigenvalue weighted by molar-refractivity contribution is 6.23. The van der Waals surface area contributed by atoms with Gasteiger partial charge in [0.1, 0.15) is 0 Å². The summed E-state index contributed by atoms with van der Waals surface area (Å²) < 4.78 is 2.38. The number of aromatic nitrogens is 3. The Balaban J connectivity index is 1.03. The number of para-hydroxylation sites is 2. The van der Waals surface area contributed by atoms with Crippen molar-refractivity contribution in [2.24, 2.45) is 0 Å². The van der Waals surface area contributed by atoms with Crippen LogP contribution in [0.1, 0.15) is 22.3 Å². The summed E-state index contributed by atoms with van der Waals surface area (Å²) in [5, 5.41) is 7.09. The normalized spacial score (nSPS) is 13.0. The summed E-state index contributed by atoms with van der Waals surface area (Å²) in [6.07, 6.45) is 3.58. The number of hydrogen-bond donors (Lipinski definition) is 0. The van der Waals surface area contributed by atoms with Crippen LogP contribution in [0.4, 0.5) is 0 Å². The first-order chi connectivity index (χ1) is 30.8. The first-order valence-electron chi connectivity index (χ1n) is 21.3. The molecule has 0 N–H and O–H groups in total. The van der Waals surface area contributed by atoms with E-state index in [1.54, 1.807) is 12.4 Å². The van der Waals surface area contributed by atoms with Gasteiger partial charge in [-0.2, -0.15) is 0 Å². The van der Waals surface area contributed by atoms with Gasteiger partial charge in [0.15, 0.2) is 0 Å². The molecule has 13 rings (SSSR count). The molecular weight excluding hydrogens is 751 g/mol. The van der Waals surface area contributed by atoms with Gasteiger partial charge in [-0.3, -0.25) is 9.97 Å². The lowest BCUT2D eigenvalue weighted by molar-refractivity contribution is 0.769. The summed E-state index contributed by atoms with van der Waals surface area (Å²) in [5.41, 5.74) is 17.2. The molecule has 0 aliphatic heterocycles. The summed E-state index contributed by atoms with van der Waals surface area (Å²) in [7, 11) is 0. The summed E-state index contributed by atoms with van der Waals surface area (Å²) in [6.45, 7) is 0. The molecule has 2 aromatic heterocycles. The molecule has 0 saturated heterocycles. The van der Waals surface area contributed by atoms with E-state index in [2.05, 4.69) is 217 Å². The molecule has 3 nitrogen and oxygen atoms in total. The van der Waals surface area contributed by atoms with Crippen LogP contribution in [-0.4, -0.2) is 14.5 Å². The van der Waals surface area contributed by atoms with Crippen LogP contribution in [0.2, 0.25) is 0 Å². The molecule has 0 unspecified atom stereocenters. The second-order valence-electron chi connectivity index (χ2n) is 16.5. The predicted octanol–water partition coefficient (Wildman–Crippen LogP) is 14.7. The fourth-order valence-corrected chi connectivity index (χ4v) is 10.7. The van der Waals surface area contributed by atoms with Gasteiger partial charge >= 0.3 is 0 Å². The van der Waals surface area contributed by atoms with E-state index < -0.39 is 5.41 Å². The molecule has 0 radical (unpaired) electrons. The van der Waals surface area contributed by atoms with Crippen molar-refractivity contribution < 1.29 is 0 Å². The third kappa shape index (κ3) is 4.94. The Labute approximate surface area is 358 Å². The third-order valence-electron chi connectivity index (χ3n) is 13.3. The predicted molar refractivity (Wildman–Crippen MR) is 257 cm³/mol. The molecule has 12 aromatic rings. The molecule has 1 aliphatic carbocycles. The van der Waals surface area contributed by atoms with E-state index in [0.717, 1.165) is 27.5 Å². The van der Waals surface area contributed by atoms with Crippen molar-refractivity contribution in [1.82, 2.24) is 14.5 Å². The van der Waals surface area contributed by atoms with Crippen LogP contribution in [0.15, 0.2) is 225 Å². The van der Waals surface area contributed by atoms with Crippen molar-refractivity contribution >= 4 is 54.4 Å². The fraction of sp³-hybridized carbons (Fsp3) is 0.0169. The third-order valence-corrected chi connectivity index (χ3v) is 13.3. The molecule has 62 heavy (non-hydrogen) atoms. The van der Waals surface area contributed by atoms with Crippen molar-refractivity contribution in [2.75, 3.05) is 0 Å². The molecule has 288 valence electrons. The van der Waals surface area contributed by atoms with Crippen molar-refractivity contribution in [3.8, 4) is 39.1 Å². The van der Waals surface area contributed by atoms with Crippen molar-refractivity contribution in [3.05, 3.63) is 247 Å². The molecule has 10 aromatic carbocycles. The number of hydrogen-bond acceptors (Lipinski definition) is 2. The first-order valence-corrected chi connectivity index (χ1v) is 21.3. The van der Waals surface area contributed by atoms with E-state index in [-0.39, 0.29) is 0 Å². The maximum absolute atomic E-state index is 4.83. The lowest BCUT2D eigenvalue weighted by atomic mass is 9.67. The Morgan fingerprint density at radius 1 is 0.323 bits per heavy atom. The minimum Gasteiger partial charge on any atom is -0.309 e. The Hall–Kier alpha value is -8.14. The summed E-state index contributed by atoms with van der Waals surface area (Å²) in [5.74, 6) is 0. The summed E-state index contributed by atoms with van der Waals surface area (Å²) >= 11 is 0. The zero-order valence-corrected chi connectivity index (χ0v) is 33.7. The molecule has 0 spiro atoms. The smallest absolute Gasteiger partial charge is 0.0971 e. The van der Waals surface area contributed by atoms with Crippen molar-refractivity contribution in [3.63, 3.8) is 0 Å². The van der Waals surface area contributed by atoms with Gasteiger partial charge in [0, 0.05) is 39.6 Å². The van der Waals surface area contributed by atoms with Gasteiger partial charge in [-0.05, 0) is 115 Å². The molecule has 0 atom stereocenters. The van der Waals surface area contributed by atoms with E-state index >= 15 is 0 Å². The van der Waals surface area contributed by atoms with Crippen molar-refractivity contribution in [1.29, 1.82) is 0 Å². The number of rotatable bonds is 5. The minimum absolute atomic E-state index is 0.567. The highest BCUT2D eigenvalue weighted by Gasteiger charge is 2.46. The van der Waals surface area contributed by atoms with Gasteiger partial charge in [-0.25, -0.2) is 0 Å². The van der Waals surface area contributed by atoms with Crippen LogP contribution in [0, 0.1) is 0 Å². The Bertz CT molecular complexity index is 3660. The zero-order chi connectivity index (χ0) is 40.8. The van der Waals surface area contributed by atoms with Gasteiger partial charge in [0.05, 0.1) is 27.5 Å². The van der Waals surface area contributed by atoms with Crippen LogP contribution in [0.25, 0.3) is 93.5 Å². The van der Waals surface area contributed by atoms with E-state index in [1.165, 1.54) is 88.2 Å². The van der Waals surface area contributed by atoms with Crippen molar-refractivity contribution in [2.45, 2.75) is 5.41 Å². The highest BCUT2D eigenvalue weighted by atomic mass is 15.0. The maximum Gasteiger partial charge on any atom is 0.0971 e. The molecular formula is C59H37N3. The Morgan fingerprint density at radius 2 is 0.774 bits per heavy atom. The van der Waals surface area contributed by atoms with E-state index in [4.69, 9.17) is 9.97 Å².